The average Bonchev–Trinajstić information content (AvgIpc) is 2.81. The number of hydrogen-bond acceptors (Lipinski definition) is 0. The Kier molecular flexibility index (Phi) is 5.25. The number of aromatic amines is 1. The molecule has 98 valence electrons. The largest absolute Gasteiger partial charge is 0.243 e. The average molecular weight is 245 g/mol. The lowest BCUT2D eigenvalue weighted by molar-refractivity contribution is -0.671. The van der Waals surface area contributed by atoms with Crippen LogP contribution in [0.25, 0.3) is 11.0 Å². The van der Waals surface area contributed by atoms with Crippen molar-refractivity contribution in [2.75, 3.05) is 0 Å². The van der Waals surface area contributed by atoms with Crippen LogP contribution in [0.2, 0.25) is 0 Å². The van der Waals surface area contributed by atoms with E-state index in [0.29, 0.717) is 0 Å². The molecule has 2 aromatic rings. The number of nitrogens with one attached hydrogen (secondary N) is 1. The van der Waals surface area contributed by atoms with E-state index in [-0.39, 0.29) is 0 Å². The molecule has 0 spiro atoms. The normalized spacial score (nSPS) is 11.2. The van der Waals surface area contributed by atoms with Crippen molar-refractivity contribution in [2.45, 2.75) is 58.4 Å². The van der Waals surface area contributed by atoms with Crippen molar-refractivity contribution in [3.63, 3.8) is 0 Å². The van der Waals surface area contributed by atoms with Crippen molar-refractivity contribution in [1.82, 2.24) is 4.98 Å². The second kappa shape index (κ2) is 7.20. The van der Waals surface area contributed by atoms with Crippen LogP contribution in [0, 0.1) is 0 Å². The molecule has 0 unspecified atom stereocenters. The van der Waals surface area contributed by atoms with Gasteiger partial charge in [0.2, 0.25) is 6.33 Å². The van der Waals surface area contributed by atoms with Gasteiger partial charge in [-0.25, -0.2) is 9.55 Å². The van der Waals surface area contributed by atoms with Crippen LogP contribution in [0.5, 0.6) is 0 Å². The first-order valence-electron chi connectivity index (χ1n) is 7.37. The number of imidazole rings is 1. The molecule has 0 aliphatic rings. The quantitative estimate of drug-likeness (QED) is 0.531. The molecular formula is C16H25N2+. The molecule has 2 heteroatoms. The van der Waals surface area contributed by atoms with Crippen LogP contribution in [0.4, 0.5) is 0 Å². The molecule has 1 heterocycles. The van der Waals surface area contributed by atoms with Crippen LogP contribution in [-0.4, -0.2) is 4.98 Å². The molecule has 2 rings (SSSR count). The molecule has 0 amide bonds. The summed E-state index contributed by atoms with van der Waals surface area (Å²) in [7, 11) is 0. The third kappa shape index (κ3) is 3.59. The molecule has 1 aromatic carbocycles. The number of benzene rings is 1. The Morgan fingerprint density at radius 3 is 2.50 bits per heavy atom. The minimum atomic E-state index is 1.14. The smallest absolute Gasteiger partial charge is 0.242 e. The van der Waals surface area contributed by atoms with E-state index >= 15 is 0 Å². The van der Waals surface area contributed by atoms with E-state index in [0.717, 1.165) is 6.54 Å². The highest BCUT2D eigenvalue weighted by Gasteiger charge is 2.07. The lowest BCUT2D eigenvalue weighted by atomic mass is 10.1. The van der Waals surface area contributed by atoms with Crippen LogP contribution < -0.4 is 4.57 Å². The van der Waals surface area contributed by atoms with Crippen molar-refractivity contribution < 1.29 is 4.57 Å². The highest BCUT2D eigenvalue weighted by atomic mass is 15.0. The minimum absolute atomic E-state index is 1.14. The van der Waals surface area contributed by atoms with E-state index in [1.54, 1.807) is 0 Å². The number of hydrogen-bond donors (Lipinski definition) is 1. The Bertz CT molecular complexity index is 459. The molecule has 0 aliphatic carbocycles. The SMILES string of the molecule is CCCCCCCCC[n+]1c[nH]c2ccccc21. The highest BCUT2D eigenvalue weighted by molar-refractivity contribution is 5.70. The summed E-state index contributed by atoms with van der Waals surface area (Å²) in [5, 5.41) is 0. The molecule has 1 N–H and O–H groups in total. The van der Waals surface area contributed by atoms with Crippen molar-refractivity contribution in [3.05, 3.63) is 30.6 Å². The first kappa shape index (κ1) is 13.1. The molecule has 1 aromatic heterocycles. The fraction of sp³-hybridized carbons (Fsp3) is 0.562. The lowest BCUT2D eigenvalue weighted by Gasteiger charge is -2.00. The summed E-state index contributed by atoms with van der Waals surface area (Å²) in [6.07, 6.45) is 11.7. The predicted octanol–water partition coefficient (Wildman–Crippen LogP) is 4.21. The molecule has 0 fully saturated rings. The number of rotatable bonds is 8. The number of fused-ring (bicyclic) bond motifs is 1. The van der Waals surface area contributed by atoms with Gasteiger partial charge in [-0.05, 0) is 25.0 Å². The second-order valence-corrected chi connectivity index (χ2v) is 5.11. The van der Waals surface area contributed by atoms with Gasteiger partial charge in [0.15, 0.2) is 11.0 Å². The third-order valence-corrected chi connectivity index (χ3v) is 3.59. The first-order chi connectivity index (χ1) is 8.92. The molecule has 0 bridgehead atoms. The fourth-order valence-corrected chi connectivity index (χ4v) is 2.49. The number of H-pyrrole nitrogens is 1. The van der Waals surface area contributed by atoms with Gasteiger partial charge < -0.3 is 0 Å². The number of nitrogens with zero attached hydrogens (tertiary/aromatic N) is 1. The maximum Gasteiger partial charge on any atom is 0.242 e. The van der Waals surface area contributed by atoms with E-state index < -0.39 is 0 Å². The molecule has 0 saturated heterocycles. The number of unbranched alkanes of at least 4 members (excludes halogenated alkanes) is 6. The minimum Gasteiger partial charge on any atom is -0.243 e. The summed E-state index contributed by atoms with van der Waals surface area (Å²) in [5.41, 5.74) is 2.56. The van der Waals surface area contributed by atoms with Gasteiger partial charge in [0.1, 0.15) is 0 Å². The zero-order chi connectivity index (χ0) is 12.6. The van der Waals surface area contributed by atoms with Gasteiger partial charge in [-0.2, -0.15) is 0 Å². The monoisotopic (exact) mass is 245 g/mol. The maximum absolute atomic E-state index is 3.32. The fourth-order valence-electron chi connectivity index (χ4n) is 2.49. The van der Waals surface area contributed by atoms with Gasteiger partial charge in [0.25, 0.3) is 0 Å². The van der Waals surface area contributed by atoms with Gasteiger partial charge >= 0.3 is 0 Å². The van der Waals surface area contributed by atoms with E-state index in [1.165, 1.54) is 56.0 Å². The lowest BCUT2D eigenvalue weighted by Crippen LogP contribution is -2.31. The summed E-state index contributed by atoms with van der Waals surface area (Å²) in [5.74, 6) is 0. The molecule has 2 nitrogen and oxygen atoms in total. The summed E-state index contributed by atoms with van der Waals surface area (Å²) >= 11 is 0. The van der Waals surface area contributed by atoms with Gasteiger partial charge in [-0.3, -0.25) is 0 Å². The summed E-state index contributed by atoms with van der Waals surface area (Å²) < 4.78 is 2.33. The molecule has 18 heavy (non-hydrogen) atoms. The van der Waals surface area contributed by atoms with Crippen molar-refractivity contribution in [3.8, 4) is 0 Å². The second-order valence-electron chi connectivity index (χ2n) is 5.11. The molecule has 0 saturated carbocycles. The van der Waals surface area contributed by atoms with Crippen molar-refractivity contribution >= 4 is 11.0 Å². The topological polar surface area (TPSA) is 19.7 Å². The first-order valence-corrected chi connectivity index (χ1v) is 7.37. The van der Waals surface area contributed by atoms with Gasteiger partial charge in [0.05, 0.1) is 6.54 Å². The molecular weight excluding hydrogens is 220 g/mol. The zero-order valence-electron chi connectivity index (χ0n) is 11.5. The van der Waals surface area contributed by atoms with Crippen LogP contribution in [0.15, 0.2) is 30.6 Å². The number of aryl methyl sites for hydroxylation is 1. The van der Waals surface area contributed by atoms with Gasteiger partial charge in [-0.1, -0.05) is 51.2 Å². The van der Waals surface area contributed by atoms with Crippen molar-refractivity contribution in [2.24, 2.45) is 0 Å². The molecule has 0 radical (unpaired) electrons. The van der Waals surface area contributed by atoms with Gasteiger partial charge in [0, 0.05) is 0 Å². The van der Waals surface area contributed by atoms with Crippen LogP contribution in [0.1, 0.15) is 51.9 Å². The Morgan fingerprint density at radius 2 is 1.67 bits per heavy atom. The standard InChI is InChI=1S/C16H24N2/c1-2-3-4-5-6-7-10-13-18-14-17-15-11-8-9-12-16(15)18/h8-9,11-12,14H,2-7,10,13H2,1H3/p+1. The Balaban J connectivity index is 1.70. The van der Waals surface area contributed by atoms with E-state index in [9.17, 15) is 0 Å². The van der Waals surface area contributed by atoms with E-state index in [4.69, 9.17) is 0 Å². The van der Waals surface area contributed by atoms with Crippen molar-refractivity contribution in [1.29, 1.82) is 0 Å². The summed E-state index contributed by atoms with van der Waals surface area (Å²) in [6, 6.07) is 8.51. The Hall–Kier alpha value is -1.31. The highest BCUT2D eigenvalue weighted by Crippen LogP contribution is 2.08. The molecule has 0 aliphatic heterocycles. The van der Waals surface area contributed by atoms with Gasteiger partial charge in [-0.15, -0.1) is 0 Å². The predicted molar refractivity (Wildman–Crippen MR) is 76.5 cm³/mol. The Labute approximate surface area is 110 Å². The zero-order valence-corrected chi connectivity index (χ0v) is 11.5. The summed E-state index contributed by atoms with van der Waals surface area (Å²) in [4.78, 5) is 3.32. The number of para-hydroxylation sites is 2. The van der Waals surface area contributed by atoms with Crippen LogP contribution in [0.3, 0.4) is 0 Å². The van der Waals surface area contributed by atoms with E-state index in [2.05, 4.69) is 47.1 Å². The maximum atomic E-state index is 3.32. The van der Waals surface area contributed by atoms with Crippen LogP contribution >= 0.6 is 0 Å². The summed E-state index contributed by atoms with van der Waals surface area (Å²) in [6.45, 7) is 3.41. The number of aromatic nitrogens is 2. The third-order valence-electron chi connectivity index (χ3n) is 3.59. The van der Waals surface area contributed by atoms with E-state index in [1.807, 2.05) is 0 Å². The molecule has 0 atom stereocenters. The van der Waals surface area contributed by atoms with Crippen LogP contribution in [-0.2, 0) is 6.54 Å². The Morgan fingerprint density at radius 1 is 0.944 bits per heavy atom.